The van der Waals surface area contributed by atoms with Crippen LogP contribution in [0.15, 0.2) is 72.8 Å². The van der Waals surface area contributed by atoms with Gasteiger partial charge in [-0.1, -0.05) is 66.8 Å². The van der Waals surface area contributed by atoms with Crippen LogP contribution in [0.3, 0.4) is 0 Å². The van der Waals surface area contributed by atoms with Crippen molar-refractivity contribution in [3.63, 3.8) is 0 Å². The van der Waals surface area contributed by atoms with Gasteiger partial charge in [0.1, 0.15) is 0 Å². The van der Waals surface area contributed by atoms with Crippen LogP contribution in [0.25, 0.3) is 11.1 Å². The molecule has 0 radical (unpaired) electrons. The Morgan fingerprint density at radius 1 is 0.759 bits per heavy atom. The first-order valence-electron chi connectivity index (χ1n) is 11.1. The van der Waals surface area contributed by atoms with Crippen molar-refractivity contribution in [2.75, 3.05) is 0 Å². The molecule has 6 rings (SSSR count). The summed E-state index contributed by atoms with van der Waals surface area (Å²) in [5, 5.41) is 0. The number of aryl methyl sites for hydroxylation is 2. The Hall–Kier alpha value is -2.67. The van der Waals surface area contributed by atoms with E-state index < -0.39 is 0 Å². The maximum absolute atomic E-state index is 11.5. The van der Waals surface area contributed by atoms with Crippen molar-refractivity contribution in [2.45, 2.75) is 44.9 Å². The summed E-state index contributed by atoms with van der Waals surface area (Å²) in [6, 6.07) is 17.4. The van der Waals surface area contributed by atoms with Gasteiger partial charge >= 0.3 is 0 Å². The fourth-order valence-electron chi connectivity index (χ4n) is 5.41. The third kappa shape index (κ3) is 3.67. The summed E-state index contributed by atoms with van der Waals surface area (Å²) in [5.41, 5.74) is 8.60. The molecule has 1 heteroatoms. The van der Waals surface area contributed by atoms with Gasteiger partial charge in [-0.2, -0.15) is 0 Å². The van der Waals surface area contributed by atoms with E-state index in [-0.39, 0.29) is 0 Å². The molecular formula is C28H28O. The van der Waals surface area contributed by atoms with Crippen LogP contribution >= 0.6 is 0 Å². The lowest BCUT2D eigenvalue weighted by Crippen LogP contribution is -1.98. The largest absolute Gasteiger partial charge is 0.295 e. The molecule has 29 heavy (non-hydrogen) atoms. The molecule has 0 spiro atoms. The zero-order chi connectivity index (χ0) is 19.6. The third-order valence-electron chi connectivity index (χ3n) is 6.84. The Labute approximate surface area is 173 Å². The quantitative estimate of drug-likeness (QED) is 0.504. The van der Waals surface area contributed by atoms with Crippen molar-refractivity contribution in [1.82, 2.24) is 0 Å². The van der Waals surface area contributed by atoms with E-state index in [1.807, 2.05) is 6.08 Å². The standard InChI is InChI=1S/C14H14O.C14H14/c15-12-8-11-6-3-5-10-4-1-2-7-13(10)14(11)9-12;1-2-9-13-11(5-1)6-3-7-12-8-4-10-14(12)13/h1-2,4,7,9,11H,3,5-6,8H2;1-2,4-5,8-10,12H,3,6-7H2. The van der Waals surface area contributed by atoms with Crippen LogP contribution in [0.5, 0.6) is 0 Å². The normalized spacial score (nSPS) is 23.9. The molecular weight excluding hydrogens is 352 g/mol. The molecule has 2 aromatic rings. The molecule has 0 bridgehead atoms. The van der Waals surface area contributed by atoms with Crippen molar-refractivity contribution >= 4 is 16.9 Å². The highest BCUT2D eigenvalue weighted by molar-refractivity contribution is 6.03. The van der Waals surface area contributed by atoms with E-state index in [2.05, 4.69) is 66.8 Å². The minimum Gasteiger partial charge on any atom is -0.295 e. The lowest BCUT2D eigenvalue weighted by atomic mass is 9.93. The molecule has 2 aromatic carbocycles. The van der Waals surface area contributed by atoms with E-state index in [0.717, 1.165) is 12.8 Å². The number of carbonyl (C=O) groups excluding carboxylic acids is 1. The molecule has 0 amide bonds. The second-order valence-electron chi connectivity index (χ2n) is 8.68. The molecule has 0 aromatic heterocycles. The van der Waals surface area contributed by atoms with Gasteiger partial charge in [-0.25, -0.2) is 0 Å². The number of benzene rings is 2. The van der Waals surface area contributed by atoms with E-state index in [0.29, 0.717) is 17.6 Å². The van der Waals surface area contributed by atoms with Crippen LogP contribution in [-0.4, -0.2) is 5.78 Å². The van der Waals surface area contributed by atoms with E-state index in [1.165, 1.54) is 65.5 Å². The smallest absolute Gasteiger partial charge is 0.156 e. The average molecular weight is 381 g/mol. The summed E-state index contributed by atoms with van der Waals surface area (Å²) in [6.45, 7) is 0. The van der Waals surface area contributed by atoms with Crippen LogP contribution < -0.4 is 0 Å². The van der Waals surface area contributed by atoms with E-state index in [4.69, 9.17) is 0 Å². The van der Waals surface area contributed by atoms with E-state index >= 15 is 0 Å². The highest BCUT2D eigenvalue weighted by Gasteiger charge is 2.28. The predicted molar refractivity (Wildman–Crippen MR) is 120 cm³/mol. The number of ketones is 1. The minimum atomic E-state index is 0.312. The zero-order valence-corrected chi connectivity index (χ0v) is 16.9. The molecule has 0 aliphatic heterocycles. The van der Waals surface area contributed by atoms with Gasteiger partial charge in [-0.3, -0.25) is 4.79 Å². The second-order valence-corrected chi connectivity index (χ2v) is 8.68. The van der Waals surface area contributed by atoms with Gasteiger partial charge in [0.2, 0.25) is 0 Å². The molecule has 4 aliphatic carbocycles. The summed E-state index contributed by atoms with van der Waals surface area (Å²) in [5.74, 6) is 1.51. The number of fused-ring (bicyclic) bond motifs is 6. The molecule has 4 aliphatic rings. The van der Waals surface area contributed by atoms with E-state index in [1.54, 1.807) is 0 Å². The van der Waals surface area contributed by atoms with Gasteiger partial charge in [0.05, 0.1) is 0 Å². The van der Waals surface area contributed by atoms with Crippen molar-refractivity contribution in [3.05, 3.63) is 95.1 Å². The van der Waals surface area contributed by atoms with Gasteiger partial charge in [0, 0.05) is 12.3 Å². The topological polar surface area (TPSA) is 17.1 Å². The highest BCUT2D eigenvalue weighted by Crippen LogP contribution is 2.40. The Morgan fingerprint density at radius 3 is 2.17 bits per heavy atom. The Kier molecular flexibility index (Phi) is 5.06. The molecule has 0 heterocycles. The van der Waals surface area contributed by atoms with Crippen LogP contribution in [0.4, 0.5) is 0 Å². The molecule has 0 fully saturated rings. The summed E-state index contributed by atoms with van der Waals surface area (Å²) in [7, 11) is 0. The first-order chi connectivity index (χ1) is 14.3. The average Bonchev–Trinajstić information content (AvgIpc) is 3.27. The first-order valence-corrected chi connectivity index (χ1v) is 11.1. The SMILES string of the molecule is C1=CC2CCCc3ccccc3C2=C1.O=C1C=C2c3ccccc3CCCC2C1. The zero-order valence-electron chi connectivity index (χ0n) is 16.9. The van der Waals surface area contributed by atoms with Crippen LogP contribution in [0.2, 0.25) is 0 Å². The summed E-state index contributed by atoms with van der Waals surface area (Å²) in [6.07, 6.45) is 16.9. The number of rotatable bonds is 0. The Morgan fingerprint density at radius 2 is 1.41 bits per heavy atom. The number of hydrogen-bond acceptors (Lipinski definition) is 1. The summed E-state index contributed by atoms with van der Waals surface area (Å²) >= 11 is 0. The van der Waals surface area contributed by atoms with E-state index in [9.17, 15) is 4.79 Å². The highest BCUT2D eigenvalue weighted by atomic mass is 16.1. The van der Waals surface area contributed by atoms with Crippen LogP contribution in [0, 0.1) is 11.8 Å². The first kappa shape index (κ1) is 18.4. The maximum Gasteiger partial charge on any atom is 0.156 e. The predicted octanol–water partition coefficient (Wildman–Crippen LogP) is 6.59. The molecule has 0 saturated heterocycles. The second kappa shape index (κ2) is 7.99. The molecule has 0 saturated carbocycles. The Balaban J connectivity index is 0.000000125. The van der Waals surface area contributed by atoms with Gasteiger partial charge in [0.15, 0.2) is 5.78 Å². The monoisotopic (exact) mass is 380 g/mol. The maximum atomic E-state index is 11.5. The molecule has 146 valence electrons. The van der Waals surface area contributed by atoms with Crippen molar-refractivity contribution in [3.8, 4) is 0 Å². The van der Waals surface area contributed by atoms with Gasteiger partial charge in [-0.15, -0.1) is 0 Å². The molecule has 1 nitrogen and oxygen atoms in total. The lowest BCUT2D eigenvalue weighted by molar-refractivity contribution is -0.114. The van der Waals surface area contributed by atoms with Crippen LogP contribution in [-0.2, 0) is 17.6 Å². The van der Waals surface area contributed by atoms with Gasteiger partial charge in [0.25, 0.3) is 0 Å². The summed E-state index contributed by atoms with van der Waals surface area (Å²) < 4.78 is 0. The Bertz CT molecular complexity index is 1020. The molecule has 2 atom stereocenters. The van der Waals surface area contributed by atoms with Gasteiger partial charge in [-0.05, 0) is 83.9 Å². The van der Waals surface area contributed by atoms with Crippen LogP contribution in [0.1, 0.15) is 54.4 Å². The number of hydrogen-bond donors (Lipinski definition) is 0. The van der Waals surface area contributed by atoms with Gasteiger partial charge < -0.3 is 0 Å². The summed E-state index contributed by atoms with van der Waals surface area (Å²) in [4.78, 5) is 11.5. The third-order valence-corrected chi connectivity index (χ3v) is 6.84. The number of carbonyl (C=O) groups is 1. The van der Waals surface area contributed by atoms with Crippen molar-refractivity contribution in [1.29, 1.82) is 0 Å². The minimum absolute atomic E-state index is 0.312. The van der Waals surface area contributed by atoms with Crippen molar-refractivity contribution < 1.29 is 4.79 Å². The molecule has 0 N–H and O–H groups in total. The molecule has 2 unspecified atom stereocenters. The fraction of sp³-hybridized carbons (Fsp3) is 0.321. The fourth-order valence-corrected chi connectivity index (χ4v) is 5.41. The van der Waals surface area contributed by atoms with Crippen molar-refractivity contribution in [2.24, 2.45) is 11.8 Å². The number of allylic oxidation sites excluding steroid dienone is 6. The lowest BCUT2D eigenvalue weighted by Gasteiger charge is -2.11.